The van der Waals surface area contributed by atoms with Gasteiger partial charge in [-0.05, 0) is 43.3 Å². The van der Waals surface area contributed by atoms with Gasteiger partial charge < -0.3 is 5.32 Å². The van der Waals surface area contributed by atoms with Gasteiger partial charge in [0.05, 0.1) is 17.5 Å². The van der Waals surface area contributed by atoms with Gasteiger partial charge in [0.25, 0.3) is 0 Å². The average molecular weight is 385 g/mol. The number of aromatic nitrogens is 3. The van der Waals surface area contributed by atoms with Crippen LogP contribution in [0.4, 0.5) is 0 Å². The van der Waals surface area contributed by atoms with Crippen LogP contribution in [-0.2, 0) is 11.3 Å². The summed E-state index contributed by atoms with van der Waals surface area (Å²) in [4.78, 5) is 18.2. The predicted octanol–water partition coefficient (Wildman–Crippen LogP) is 4.00. The molecule has 2 heterocycles. The highest BCUT2D eigenvalue weighted by molar-refractivity contribution is 8.00. The number of carbonyl (C=O) groups excluding carboxylic acids is 1. The van der Waals surface area contributed by atoms with Crippen molar-refractivity contribution < 1.29 is 4.79 Å². The number of para-hydroxylation sites is 1. The van der Waals surface area contributed by atoms with Gasteiger partial charge in [-0.25, -0.2) is 9.67 Å². The molecule has 1 N–H and O–H groups in total. The van der Waals surface area contributed by atoms with Crippen LogP contribution in [0, 0.1) is 0 Å². The van der Waals surface area contributed by atoms with Crippen molar-refractivity contribution in [1.82, 2.24) is 20.1 Å². The lowest BCUT2D eigenvalue weighted by molar-refractivity contribution is -0.120. The fourth-order valence-corrected chi connectivity index (χ4v) is 4.09. The molecule has 4 rings (SSSR count). The van der Waals surface area contributed by atoms with Gasteiger partial charge in [-0.2, -0.15) is 0 Å². The molecule has 1 amide bonds. The van der Waals surface area contributed by atoms with Gasteiger partial charge in [0.15, 0.2) is 0 Å². The van der Waals surface area contributed by atoms with Crippen LogP contribution in [0.15, 0.2) is 53.0 Å². The zero-order chi connectivity index (χ0) is 17.9. The molecule has 0 bridgehead atoms. The molecule has 1 saturated carbocycles. The number of hydrogen-bond acceptors (Lipinski definition) is 5. The molecule has 0 radical (unpaired) electrons. The minimum atomic E-state index is -0.242. The van der Waals surface area contributed by atoms with Gasteiger partial charge in [0, 0.05) is 10.8 Å². The molecule has 26 heavy (non-hydrogen) atoms. The minimum absolute atomic E-state index is 0.00688. The van der Waals surface area contributed by atoms with Gasteiger partial charge >= 0.3 is 0 Å². The number of nitrogens with zero attached hydrogens (tertiary/aromatic N) is 3. The first-order chi connectivity index (χ1) is 12.7. The molecule has 1 aliphatic carbocycles. The first kappa shape index (κ1) is 17.3. The molecule has 0 saturated heterocycles. The molecule has 134 valence electrons. The first-order valence-electron chi connectivity index (χ1n) is 8.70. The van der Waals surface area contributed by atoms with Crippen LogP contribution >= 0.6 is 23.1 Å². The van der Waals surface area contributed by atoms with Gasteiger partial charge in [0.1, 0.15) is 5.82 Å². The van der Waals surface area contributed by atoms with Crippen molar-refractivity contribution >= 4 is 29.0 Å². The molecule has 3 aromatic rings. The van der Waals surface area contributed by atoms with Crippen LogP contribution in [0.1, 0.15) is 36.4 Å². The number of hydrogen-bond donors (Lipinski definition) is 1. The number of thiophene rings is 1. The first-order valence-corrected chi connectivity index (χ1v) is 10.5. The van der Waals surface area contributed by atoms with E-state index < -0.39 is 0 Å². The highest BCUT2D eigenvalue weighted by Crippen LogP contribution is 2.40. The normalized spacial score (nSPS) is 15.0. The highest BCUT2D eigenvalue weighted by Gasteiger charge is 2.31. The van der Waals surface area contributed by atoms with E-state index >= 15 is 0 Å². The lowest BCUT2D eigenvalue weighted by atomic mass is 10.3. The largest absolute Gasteiger partial charge is 0.350 e. The summed E-state index contributed by atoms with van der Waals surface area (Å²) in [5, 5.41) is 10.1. The lowest BCUT2D eigenvalue weighted by Gasteiger charge is -2.09. The molecule has 1 unspecified atom stereocenters. The highest BCUT2D eigenvalue weighted by atomic mass is 32.2. The van der Waals surface area contributed by atoms with Crippen molar-refractivity contribution in [3.63, 3.8) is 0 Å². The molecule has 1 aliphatic rings. The second kappa shape index (κ2) is 7.63. The monoisotopic (exact) mass is 384 g/mol. The maximum atomic E-state index is 12.4. The summed E-state index contributed by atoms with van der Waals surface area (Å²) in [7, 11) is 0. The molecule has 2 aromatic heterocycles. The van der Waals surface area contributed by atoms with E-state index in [1.165, 1.54) is 11.8 Å². The van der Waals surface area contributed by atoms with E-state index in [0.29, 0.717) is 17.6 Å². The Labute approximate surface area is 160 Å². The summed E-state index contributed by atoms with van der Waals surface area (Å²) in [6, 6.07) is 14.1. The van der Waals surface area contributed by atoms with E-state index in [9.17, 15) is 4.79 Å². The van der Waals surface area contributed by atoms with E-state index in [4.69, 9.17) is 4.98 Å². The lowest BCUT2D eigenvalue weighted by Crippen LogP contribution is -2.30. The minimum Gasteiger partial charge on any atom is -0.350 e. The molecule has 1 atom stereocenters. The third kappa shape index (κ3) is 3.99. The summed E-state index contributed by atoms with van der Waals surface area (Å²) >= 11 is 3.06. The Balaban J connectivity index is 1.45. The second-order valence-electron chi connectivity index (χ2n) is 6.33. The summed E-state index contributed by atoms with van der Waals surface area (Å²) in [5.41, 5.74) is 1.02. The van der Waals surface area contributed by atoms with Gasteiger partial charge in [-0.3, -0.25) is 4.79 Å². The van der Waals surface area contributed by atoms with Crippen molar-refractivity contribution in [3.8, 4) is 5.69 Å². The van der Waals surface area contributed by atoms with Crippen molar-refractivity contribution in [3.05, 3.63) is 58.5 Å². The van der Waals surface area contributed by atoms with Gasteiger partial charge in [-0.1, -0.05) is 36.0 Å². The number of rotatable bonds is 7. The number of amides is 1. The van der Waals surface area contributed by atoms with Gasteiger partial charge in [-0.15, -0.1) is 16.4 Å². The molecule has 0 spiro atoms. The Morgan fingerprint density at radius 3 is 2.81 bits per heavy atom. The van der Waals surface area contributed by atoms with E-state index in [2.05, 4.69) is 10.4 Å². The Morgan fingerprint density at radius 1 is 1.31 bits per heavy atom. The molecular weight excluding hydrogens is 364 g/mol. The van der Waals surface area contributed by atoms with Crippen molar-refractivity contribution in [2.75, 3.05) is 0 Å². The standard InChI is InChI=1S/C19H20N4OS2/c1-13(18(24)20-12-16-8-5-11-25-16)26-19-21-17(14-9-10-14)23(22-19)15-6-3-2-4-7-15/h2-8,11,13-14H,9-10,12H2,1H3,(H,20,24). The Hall–Kier alpha value is -2.12. The van der Waals surface area contributed by atoms with E-state index in [1.54, 1.807) is 11.3 Å². The summed E-state index contributed by atoms with van der Waals surface area (Å²) in [5.74, 6) is 1.50. The van der Waals surface area contributed by atoms with E-state index in [1.807, 2.05) is 59.5 Å². The molecule has 1 aromatic carbocycles. The average Bonchev–Trinajstić information content (AvgIpc) is 3.21. The van der Waals surface area contributed by atoms with Crippen LogP contribution in [0.25, 0.3) is 5.69 Å². The Morgan fingerprint density at radius 2 is 2.12 bits per heavy atom. The maximum Gasteiger partial charge on any atom is 0.233 e. The smallest absolute Gasteiger partial charge is 0.233 e. The molecule has 1 fully saturated rings. The van der Waals surface area contributed by atoms with Crippen molar-refractivity contribution in [1.29, 1.82) is 0 Å². The maximum absolute atomic E-state index is 12.4. The summed E-state index contributed by atoms with van der Waals surface area (Å²) < 4.78 is 1.93. The van der Waals surface area contributed by atoms with E-state index in [0.717, 1.165) is 29.2 Å². The Bertz CT molecular complexity index is 872. The van der Waals surface area contributed by atoms with Crippen LogP contribution in [-0.4, -0.2) is 25.9 Å². The van der Waals surface area contributed by atoms with Crippen molar-refractivity contribution in [2.24, 2.45) is 0 Å². The molecular formula is C19H20N4OS2. The zero-order valence-electron chi connectivity index (χ0n) is 14.5. The number of thioether (sulfide) groups is 1. The molecule has 7 heteroatoms. The zero-order valence-corrected chi connectivity index (χ0v) is 16.1. The number of carbonyl (C=O) groups is 1. The number of benzene rings is 1. The fraction of sp³-hybridized carbons (Fsp3) is 0.316. The van der Waals surface area contributed by atoms with Crippen LogP contribution in [0.5, 0.6) is 0 Å². The number of nitrogens with one attached hydrogen (secondary N) is 1. The van der Waals surface area contributed by atoms with Gasteiger partial charge in [0.2, 0.25) is 11.1 Å². The Kier molecular flexibility index (Phi) is 5.08. The second-order valence-corrected chi connectivity index (χ2v) is 8.67. The van der Waals surface area contributed by atoms with E-state index in [-0.39, 0.29) is 11.2 Å². The van der Waals surface area contributed by atoms with Crippen molar-refractivity contribution in [2.45, 2.75) is 42.6 Å². The SMILES string of the molecule is CC(Sc1nc(C2CC2)n(-c2ccccc2)n1)C(=O)NCc1cccs1. The third-order valence-electron chi connectivity index (χ3n) is 4.22. The fourth-order valence-electron chi connectivity index (χ4n) is 2.66. The summed E-state index contributed by atoms with van der Waals surface area (Å²) in [6.07, 6.45) is 2.32. The quantitative estimate of drug-likeness (QED) is 0.626. The molecule has 0 aliphatic heterocycles. The van der Waals surface area contributed by atoms with Crippen LogP contribution in [0.2, 0.25) is 0 Å². The van der Waals surface area contributed by atoms with Crippen LogP contribution < -0.4 is 5.32 Å². The predicted molar refractivity (Wildman–Crippen MR) is 105 cm³/mol. The van der Waals surface area contributed by atoms with Crippen LogP contribution in [0.3, 0.4) is 0 Å². The molecule has 5 nitrogen and oxygen atoms in total. The summed E-state index contributed by atoms with van der Waals surface area (Å²) in [6.45, 7) is 2.47. The topological polar surface area (TPSA) is 59.8 Å². The third-order valence-corrected chi connectivity index (χ3v) is 6.05.